The number of carbonyl (C=O) groups excluding carboxylic acids is 1. The minimum absolute atomic E-state index is 0.00482. The SMILES string of the molecule is CC(C)Oc1ccc(C(=O)C=CN(C)C)cc1. The second-order valence-electron chi connectivity index (χ2n) is 4.33. The van der Waals surface area contributed by atoms with E-state index in [4.69, 9.17) is 4.74 Å². The van der Waals surface area contributed by atoms with Crippen LogP contribution in [0.5, 0.6) is 5.75 Å². The maximum atomic E-state index is 11.7. The Balaban J connectivity index is 2.70. The molecule has 92 valence electrons. The summed E-state index contributed by atoms with van der Waals surface area (Å²) in [7, 11) is 3.76. The van der Waals surface area contributed by atoms with Crippen molar-refractivity contribution in [2.45, 2.75) is 20.0 Å². The highest BCUT2D eigenvalue weighted by atomic mass is 16.5. The Morgan fingerprint density at radius 2 is 1.82 bits per heavy atom. The molecule has 1 aromatic carbocycles. The molecule has 1 rings (SSSR count). The van der Waals surface area contributed by atoms with E-state index in [9.17, 15) is 4.79 Å². The van der Waals surface area contributed by atoms with Gasteiger partial charge >= 0.3 is 0 Å². The maximum absolute atomic E-state index is 11.7. The summed E-state index contributed by atoms with van der Waals surface area (Å²) in [6.45, 7) is 3.94. The van der Waals surface area contributed by atoms with Crippen LogP contribution in [-0.2, 0) is 0 Å². The molecule has 0 radical (unpaired) electrons. The summed E-state index contributed by atoms with van der Waals surface area (Å²) in [5.74, 6) is 0.780. The van der Waals surface area contributed by atoms with Crippen molar-refractivity contribution < 1.29 is 9.53 Å². The van der Waals surface area contributed by atoms with Gasteiger partial charge < -0.3 is 9.64 Å². The normalized spacial score (nSPS) is 10.9. The van der Waals surface area contributed by atoms with Crippen LogP contribution < -0.4 is 4.74 Å². The van der Waals surface area contributed by atoms with E-state index in [0.29, 0.717) is 5.56 Å². The van der Waals surface area contributed by atoms with E-state index in [-0.39, 0.29) is 11.9 Å². The van der Waals surface area contributed by atoms with Crippen molar-refractivity contribution in [2.75, 3.05) is 14.1 Å². The number of ether oxygens (including phenoxy) is 1. The van der Waals surface area contributed by atoms with Crippen LogP contribution in [0.25, 0.3) is 0 Å². The van der Waals surface area contributed by atoms with E-state index >= 15 is 0 Å². The first-order chi connectivity index (χ1) is 7.99. The number of benzene rings is 1. The molecule has 3 heteroatoms. The largest absolute Gasteiger partial charge is 0.491 e. The third kappa shape index (κ3) is 4.72. The number of carbonyl (C=O) groups is 1. The fourth-order valence-corrected chi connectivity index (χ4v) is 1.28. The Bertz CT molecular complexity index is 391. The Morgan fingerprint density at radius 3 is 2.29 bits per heavy atom. The number of allylic oxidation sites excluding steroid dienone is 1. The molecule has 0 N–H and O–H groups in total. The molecular formula is C14H19NO2. The molecule has 3 nitrogen and oxygen atoms in total. The van der Waals surface area contributed by atoms with E-state index < -0.39 is 0 Å². The monoisotopic (exact) mass is 233 g/mol. The summed E-state index contributed by atoms with van der Waals surface area (Å²) in [6.07, 6.45) is 3.43. The van der Waals surface area contributed by atoms with Crippen LogP contribution in [-0.4, -0.2) is 30.9 Å². The standard InChI is InChI=1S/C14H19NO2/c1-11(2)17-13-7-5-12(6-8-13)14(16)9-10-15(3)4/h5-11H,1-4H3. The van der Waals surface area contributed by atoms with Crippen molar-refractivity contribution in [1.82, 2.24) is 4.90 Å². The van der Waals surface area contributed by atoms with Crippen LogP contribution in [0.15, 0.2) is 36.5 Å². The highest BCUT2D eigenvalue weighted by molar-refractivity contribution is 6.04. The zero-order valence-corrected chi connectivity index (χ0v) is 10.8. The molecule has 0 unspecified atom stereocenters. The first-order valence-electron chi connectivity index (χ1n) is 5.64. The second kappa shape index (κ2) is 6.09. The smallest absolute Gasteiger partial charge is 0.187 e. The lowest BCUT2D eigenvalue weighted by atomic mass is 10.1. The molecule has 17 heavy (non-hydrogen) atoms. The predicted molar refractivity (Wildman–Crippen MR) is 69.4 cm³/mol. The van der Waals surface area contributed by atoms with Gasteiger partial charge in [0.25, 0.3) is 0 Å². The molecule has 0 aromatic heterocycles. The molecule has 0 aliphatic carbocycles. The zero-order chi connectivity index (χ0) is 12.8. The summed E-state index contributed by atoms with van der Waals surface area (Å²) in [6, 6.07) is 7.19. The predicted octanol–water partition coefficient (Wildman–Crippen LogP) is 2.73. The fraction of sp³-hybridized carbons (Fsp3) is 0.357. The van der Waals surface area contributed by atoms with Crippen molar-refractivity contribution in [3.05, 3.63) is 42.1 Å². The third-order valence-corrected chi connectivity index (χ3v) is 2.03. The van der Waals surface area contributed by atoms with Gasteiger partial charge in [0.05, 0.1) is 6.10 Å². The van der Waals surface area contributed by atoms with E-state index in [2.05, 4.69) is 0 Å². The molecule has 0 saturated carbocycles. The minimum atomic E-state index is -0.00482. The molecule has 0 saturated heterocycles. The number of ketones is 1. The van der Waals surface area contributed by atoms with Gasteiger partial charge in [-0.25, -0.2) is 0 Å². The summed E-state index contributed by atoms with van der Waals surface area (Å²) in [5, 5.41) is 0. The van der Waals surface area contributed by atoms with Crippen molar-refractivity contribution >= 4 is 5.78 Å². The first kappa shape index (κ1) is 13.3. The van der Waals surface area contributed by atoms with Gasteiger partial charge in [0.15, 0.2) is 5.78 Å². The van der Waals surface area contributed by atoms with Gasteiger partial charge in [-0.3, -0.25) is 4.79 Å². The number of rotatable bonds is 5. The van der Waals surface area contributed by atoms with Gasteiger partial charge in [-0.2, -0.15) is 0 Å². The lowest BCUT2D eigenvalue weighted by Crippen LogP contribution is -2.06. The van der Waals surface area contributed by atoms with Gasteiger partial charge in [-0.15, -0.1) is 0 Å². The second-order valence-corrected chi connectivity index (χ2v) is 4.33. The summed E-state index contributed by atoms with van der Waals surface area (Å²) in [5.41, 5.74) is 0.666. The van der Waals surface area contributed by atoms with Gasteiger partial charge in [0.1, 0.15) is 5.75 Å². The van der Waals surface area contributed by atoms with Gasteiger partial charge in [0, 0.05) is 31.9 Å². The average Bonchev–Trinajstić information content (AvgIpc) is 2.26. The molecule has 1 aromatic rings. The number of nitrogens with zero attached hydrogens (tertiary/aromatic N) is 1. The Labute approximate surface area is 103 Å². The van der Waals surface area contributed by atoms with Crippen molar-refractivity contribution in [2.24, 2.45) is 0 Å². The van der Waals surface area contributed by atoms with Crippen LogP contribution in [0, 0.1) is 0 Å². The zero-order valence-electron chi connectivity index (χ0n) is 10.8. The maximum Gasteiger partial charge on any atom is 0.187 e. The Hall–Kier alpha value is -1.77. The molecule has 0 amide bonds. The summed E-state index contributed by atoms with van der Waals surface area (Å²) < 4.78 is 5.51. The Morgan fingerprint density at radius 1 is 1.24 bits per heavy atom. The highest BCUT2D eigenvalue weighted by Crippen LogP contribution is 2.14. The van der Waals surface area contributed by atoms with Crippen LogP contribution in [0.2, 0.25) is 0 Å². The van der Waals surface area contributed by atoms with E-state index in [0.717, 1.165) is 5.75 Å². The topological polar surface area (TPSA) is 29.5 Å². The molecule has 0 heterocycles. The van der Waals surface area contributed by atoms with E-state index in [1.807, 2.05) is 45.0 Å². The summed E-state index contributed by atoms with van der Waals surface area (Å²) in [4.78, 5) is 13.6. The van der Waals surface area contributed by atoms with E-state index in [1.165, 1.54) is 0 Å². The number of hydrogen-bond acceptors (Lipinski definition) is 3. The van der Waals surface area contributed by atoms with Crippen molar-refractivity contribution in [1.29, 1.82) is 0 Å². The Kier molecular flexibility index (Phi) is 4.76. The fourth-order valence-electron chi connectivity index (χ4n) is 1.28. The lowest BCUT2D eigenvalue weighted by molar-refractivity contribution is 0.104. The number of hydrogen-bond donors (Lipinski definition) is 0. The quantitative estimate of drug-likeness (QED) is 0.578. The van der Waals surface area contributed by atoms with Gasteiger partial charge in [0.2, 0.25) is 0 Å². The lowest BCUT2D eigenvalue weighted by Gasteiger charge is -2.09. The highest BCUT2D eigenvalue weighted by Gasteiger charge is 2.03. The van der Waals surface area contributed by atoms with Gasteiger partial charge in [-0.1, -0.05) is 0 Å². The molecule has 0 atom stereocenters. The van der Waals surface area contributed by atoms with Crippen LogP contribution in [0.3, 0.4) is 0 Å². The van der Waals surface area contributed by atoms with E-state index in [1.54, 1.807) is 24.4 Å². The van der Waals surface area contributed by atoms with Crippen LogP contribution >= 0.6 is 0 Å². The minimum Gasteiger partial charge on any atom is -0.491 e. The first-order valence-corrected chi connectivity index (χ1v) is 5.64. The molecular weight excluding hydrogens is 214 g/mol. The van der Waals surface area contributed by atoms with Crippen LogP contribution in [0.1, 0.15) is 24.2 Å². The third-order valence-electron chi connectivity index (χ3n) is 2.03. The molecule has 0 bridgehead atoms. The van der Waals surface area contributed by atoms with Crippen LogP contribution in [0.4, 0.5) is 0 Å². The molecule has 0 spiro atoms. The average molecular weight is 233 g/mol. The van der Waals surface area contributed by atoms with Gasteiger partial charge in [-0.05, 0) is 38.1 Å². The molecule has 0 fully saturated rings. The van der Waals surface area contributed by atoms with Crippen molar-refractivity contribution in [3.8, 4) is 5.75 Å². The molecule has 0 aliphatic rings. The van der Waals surface area contributed by atoms with Crippen molar-refractivity contribution in [3.63, 3.8) is 0 Å². The summed E-state index contributed by atoms with van der Waals surface area (Å²) >= 11 is 0. The molecule has 0 aliphatic heterocycles.